The zero-order chi connectivity index (χ0) is 18.3. The summed E-state index contributed by atoms with van der Waals surface area (Å²) < 4.78 is 62.2. The van der Waals surface area contributed by atoms with Gasteiger partial charge in [0.15, 0.2) is 5.78 Å². The predicted molar refractivity (Wildman–Crippen MR) is 86.0 cm³/mol. The van der Waals surface area contributed by atoms with E-state index in [1.165, 1.54) is 0 Å². The molecule has 0 spiro atoms. The van der Waals surface area contributed by atoms with Crippen LogP contribution in [0.1, 0.15) is 15.9 Å². The van der Waals surface area contributed by atoms with Gasteiger partial charge in [-0.2, -0.15) is 16.8 Å². The maximum atomic E-state index is 12.3. The lowest BCUT2D eigenvalue weighted by Gasteiger charge is -2.07. The van der Waals surface area contributed by atoms with E-state index in [4.69, 9.17) is 32.3 Å². The molecule has 128 valence electrons. The zero-order valence-electron chi connectivity index (χ0n) is 11.5. The van der Waals surface area contributed by atoms with E-state index >= 15 is 0 Å². The minimum Gasteiger partial charge on any atom is -0.289 e. The molecule has 0 aromatic heterocycles. The van der Waals surface area contributed by atoms with Crippen molar-refractivity contribution in [2.45, 2.75) is 9.79 Å². The van der Waals surface area contributed by atoms with Gasteiger partial charge < -0.3 is 0 Å². The molecule has 7 nitrogen and oxygen atoms in total. The fraction of sp³-hybridized carbons (Fsp3) is 0. The number of rotatable bonds is 4. The highest BCUT2D eigenvalue weighted by Gasteiger charge is 2.20. The normalized spacial score (nSPS) is 12.2. The van der Waals surface area contributed by atoms with Gasteiger partial charge in [0, 0.05) is 11.1 Å². The average molecular weight is 411 g/mol. The first-order valence-electron chi connectivity index (χ1n) is 6.00. The van der Waals surface area contributed by atoms with Crippen LogP contribution in [-0.2, 0) is 20.2 Å². The lowest BCUT2D eigenvalue weighted by molar-refractivity contribution is 0.103. The van der Waals surface area contributed by atoms with Crippen LogP contribution in [0.4, 0.5) is 0 Å². The van der Waals surface area contributed by atoms with Gasteiger partial charge in [-0.25, -0.2) is 0 Å². The van der Waals surface area contributed by atoms with E-state index in [2.05, 4.69) is 0 Å². The highest BCUT2D eigenvalue weighted by atomic mass is 35.5. The van der Waals surface area contributed by atoms with Crippen molar-refractivity contribution < 1.29 is 30.7 Å². The molecule has 2 aromatic rings. The third-order valence-electron chi connectivity index (χ3n) is 2.94. The van der Waals surface area contributed by atoms with Crippen molar-refractivity contribution in [1.29, 1.82) is 0 Å². The highest BCUT2D eigenvalue weighted by molar-refractivity contribution is 7.86. The molecular weight excluding hydrogens is 403 g/mol. The number of hydrogen-bond acceptors (Lipinski definition) is 5. The second-order valence-corrected chi connectivity index (χ2v) is 8.16. The van der Waals surface area contributed by atoms with E-state index in [0.717, 1.165) is 36.4 Å². The van der Waals surface area contributed by atoms with Crippen molar-refractivity contribution in [2.75, 3.05) is 0 Å². The van der Waals surface area contributed by atoms with Crippen molar-refractivity contribution in [1.82, 2.24) is 0 Å². The van der Waals surface area contributed by atoms with Crippen LogP contribution in [0.3, 0.4) is 0 Å². The second-order valence-electron chi connectivity index (χ2n) is 4.57. The standard InChI is InChI=1S/C13H8Cl2O7S2/c14-9-5-7(1-3-11(9)23(17,18)19)13(16)8-2-4-12(10(15)6-8)24(20,21)22/h1-6H,(H,17,18,19)(H,20,21,22). The monoisotopic (exact) mass is 410 g/mol. The van der Waals surface area contributed by atoms with Gasteiger partial charge in [-0.3, -0.25) is 13.9 Å². The maximum absolute atomic E-state index is 12.3. The topological polar surface area (TPSA) is 126 Å². The van der Waals surface area contributed by atoms with E-state index in [1.54, 1.807) is 0 Å². The summed E-state index contributed by atoms with van der Waals surface area (Å²) in [5, 5.41) is -0.715. The first-order chi connectivity index (χ1) is 10.9. The van der Waals surface area contributed by atoms with Gasteiger partial charge in [-0.1, -0.05) is 23.2 Å². The molecule has 0 aliphatic heterocycles. The van der Waals surface area contributed by atoms with Gasteiger partial charge in [-0.05, 0) is 36.4 Å². The Morgan fingerprint density at radius 1 is 0.750 bits per heavy atom. The van der Waals surface area contributed by atoms with E-state index in [0.29, 0.717) is 0 Å². The molecule has 2 aromatic carbocycles. The van der Waals surface area contributed by atoms with Gasteiger partial charge in [0.05, 0.1) is 10.0 Å². The van der Waals surface area contributed by atoms with Crippen molar-refractivity contribution >= 4 is 49.2 Å². The fourth-order valence-electron chi connectivity index (χ4n) is 1.87. The number of carbonyl (C=O) groups excluding carboxylic acids is 1. The molecule has 0 unspecified atom stereocenters. The van der Waals surface area contributed by atoms with E-state index < -0.39 is 35.8 Å². The van der Waals surface area contributed by atoms with Crippen LogP contribution in [-0.4, -0.2) is 31.7 Å². The molecule has 0 amide bonds. The number of benzene rings is 2. The Hall–Kier alpha value is -1.49. The van der Waals surface area contributed by atoms with Crippen LogP contribution in [0.5, 0.6) is 0 Å². The Morgan fingerprint density at radius 2 is 1.08 bits per heavy atom. The third kappa shape index (κ3) is 3.94. The fourth-order valence-corrected chi connectivity index (χ4v) is 3.91. The number of carbonyl (C=O) groups is 1. The maximum Gasteiger partial charge on any atom is 0.296 e. The molecule has 11 heteroatoms. The summed E-state index contributed by atoms with van der Waals surface area (Å²) in [7, 11) is -9.06. The summed E-state index contributed by atoms with van der Waals surface area (Å²) >= 11 is 11.5. The summed E-state index contributed by atoms with van der Waals surface area (Å²) in [4.78, 5) is 11.2. The Morgan fingerprint density at radius 3 is 1.33 bits per heavy atom. The van der Waals surface area contributed by atoms with Crippen LogP contribution < -0.4 is 0 Å². The smallest absolute Gasteiger partial charge is 0.289 e. The quantitative estimate of drug-likeness (QED) is 0.585. The summed E-state index contributed by atoms with van der Waals surface area (Å²) in [5.41, 5.74) is -0.0221. The second kappa shape index (κ2) is 6.43. The van der Waals surface area contributed by atoms with E-state index in [1.807, 2.05) is 0 Å². The number of ketones is 1. The van der Waals surface area contributed by atoms with Gasteiger partial charge in [0.1, 0.15) is 9.79 Å². The number of hydrogen-bond donors (Lipinski definition) is 2. The molecule has 0 saturated carbocycles. The first kappa shape index (κ1) is 18.8. The molecular formula is C13H8Cl2O7S2. The van der Waals surface area contributed by atoms with Crippen molar-refractivity contribution in [3.8, 4) is 0 Å². The molecule has 0 heterocycles. The predicted octanol–water partition coefficient (Wildman–Crippen LogP) is 2.72. The molecule has 0 bridgehead atoms. The summed E-state index contributed by atoms with van der Waals surface area (Å²) in [5.74, 6) is -0.623. The van der Waals surface area contributed by atoms with Gasteiger partial charge >= 0.3 is 0 Å². The SMILES string of the molecule is O=C(c1ccc(S(=O)(=O)O)c(Cl)c1)c1ccc(S(=O)(=O)O)c(Cl)c1. The Kier molecular flexibility index (Phi) is 5.05. The van der Waals surface area contributed by atoms with Crippen molar-refractivity contribution in [2.24, 2.45) is 0 Å². The molecule has 0 saturated heterocycles. The lowest BCUT2D eigenvalue weighted by Crippen LogP contribution is -2.06. The molecule has 0 aliphatic carbocycles. The third-order valence-corrected chi connectivity index (χ3v) is 5.62. The molecule has 0 aliphatic rings. The molecule has 0 atom stereocenters. The molecule has 2 rings (SSSR count). The van der Waals surface area contributed by atoms with Gasteiger partial charge in [0.2, 0.25) is 0 Å². The number of halogens is 2. The van der Waals surface area contributed by atoms with Crippen molar-refractivity contribution in [3.63, 3.8) is 0 Å². The van der Waals surface area contributed by atoms with Crippen LogP contribution in [0.2, 0.25) is 10.0 Å². The Balaban J connectivity index is 2.47. The van der Waals surface area contributed by atoms with Gasteiger partial charge in [0.25, 0.3) is 20.2 Å². The Bertz CT molecular complexity index is 960. The average Bonchev–Trinajstić information content (AvgIpc) is 2.43. The van der Waals surface area contributed by atoms with Crippen LogP contribution in [0.25, 0.3) is 0 Å². The lowest BCUT2D eigenvalue weighted by atomic mass is 10.0. The minimum absolute atomic E-state index is 0.0110. The Labute approximate surface area is 147 Å². The van der Waals surface area contributed by atoms with Crippen molar-refractivity contribution in [3.05, 3.63) is 57.6 Å². The van der Waals surface area contributed by atoms with E-state index in [-0.39, 0.29) is 21.2 Å². The molecule has 2 N–H and O–H groups in total. The molecule has 24 heavy (non-hydrogen) atoms. The van der Waals surface area contributed by atoms with Crippen LogP contribution >= 0.6 is 23.2 Å². The minimum atomic E-state index is -4.53. The summed E-state index contributed by atoms with van der Waals surface area (Å²) in [6, 6.07) is 6.25. The summed E-state index contributed by atoms with van der Waals surface area (Å²) in [6.07, 6.45) is 0. The highest BCUT2D eigenvalue weighted by Crippen LogP contribution is 2.26. The zero-order valence-corrected chi connectivity index (χ0v) is 14.6. The van der Waals surface area contributed by atoms with Gasteiger partial charge in [-0.15, -0.1) is 0 Å². The largest absolute Gasteiger partial charge is 0.296 e. The summed E-state index contributed by atoms with van der Waals surface area (Å²) in [6.45, 7) is 0. The van der Waals surface area contributed by atoms with Crippen LogP contribution in [0.15, 0.2) is 46.2 Å². The van der Waals surface area contributed by atoms with Crippen LogP contribution in [0, 0.1) is 0 Å². The molecule has 0 fully saturated rings. The molecule has 0 radical (unpaired) electrons. The first-order valence-corrected chi connectivity index (χ1v) is 9.63. The van der Waals surface area contributed by atoms with E-state index in [9.17, 15) is 21.6 Å².